The van der Waals surface area contributed by atoms with E-state index in [2.05, 4.69) is 31.9 Å². The second kappa shape index (κ2) is 4.06. The molecular weight excluding hydrogens is 288 g/mol. The number of halogens is 2. The maximum atomic E-state index is 6.06. The summed E-state index contributed by atoms with van der Waals surface area (Å²) in [5.41, 5.74) is 2.61. The molecule has 0 fully saturated rings. The van der Waals surface area contributed by atoms with Crippen LogP contribution in [0.3, 0.4) is 0 Å². The third-order valence-electron chi connectivity index (χ3n) is 3.04. The van der Waals surface area contributed by atoms with E-state index in [0.29, 0.717) is 0 Å². The topological polar surface area (TPSA) is 17.0 Å². The zero-order valence-electron chi connectivity index (χ0n) is 8.76. The monoisotopic (exact) mass is 298 g/mol. The lowest BCUT2D eigenvalue weighted by molar-refractivity contribution is 0.654. The molecule has 4 heteroatoms. The molecular formula is C12H12BrClN2. The van der Waals surface area contributed by atoms with Gasteiger partial charge in [0.15, 0.2) is 0 Å². The molecule has 1 aromatic heterocycles. The summed E-state index contributed by atoms with van der Waals surface area (Å²) in [5.74, 6) is 0. The average molecular weight is 300 g/mol. The molecule has 16 heavy (non-hydrogen) atoms. The first kappa shape index (κ1) is 10.6. The highest BCUT2D eigenvalue weighted by molar-refractivity contribution is 9.10. The summed E-state index contributed by atoms with van der Waals surface area (Å²) in [5, 5.41) is 5.44. The summed E-state index contributed by atoms with van der Waals surface area (Å²) in [6.45, 7) is 3.11. The van der Waals surface area contributed by atoms with Gasteiger partial charge in [-0.3, -0.25) is 0 Å². The van der Waals surface area contributed by atoms with Crippen molar-refractivity contribution in [1.29, 1.82) is 0 Å². The number of aryl methyl sites for hydroxylation is 1. The van der Waals surface area contributed by atoms with Crippen LogP contribution < -0.4 is 5.32 Å². The van der Waals surface area contributed by atoms with E-state index in [1.165, 1.54) is 23.0 Å². The Hall–Kier alpha value is -0.510. The van der Waals surface area contributed by atoms with Crippen molar-refractivity contribution in [1.82, 2.24) is 9.88 Å². The lowest BCUT2D eigenvalue weighted by Gasteiger charge is -2.07. The number of hydrogen-bond acceptors (Lipinski definition) is 1. The summed E-state index contributed by atoms with van der Waals surface area (Å²) in [4.78, 5) is 0. The number of aromatic nitrogens is 1. The smallest absolute Gasteiger partial charge is 0.0628 e. The lowest BCUT2D eigenvalue weighted by atomic mass is 10.2. The predicted molar refractivity (Wildman–Crippen MR) is 71.0 cm³/mol. The van der Waals surface area contributed by atoms with E-state index >= 15 is 0 Å². The Balaban J connectivity index is 2.29. The molecule has 2 nitrogen and oxygen atoms in total. The Morgan fingerprint density at radius 1 is 1.31 bits per heavy atom. The van der Waals surface area contributed by atoms with E-state index in [4.69, 9.17) is 11.6 Å². The van der Waals surface area contributed by atoms with Crippen molar-refractivity contribution in [2.24, 2.45) is 0 Å². The minimum atomic E-state index is 0.785. The Kier molecular flexibility index (Phi) is 2.70. The van der Waals surface area contributed by atoms with Gasteiger partial charge in [0.05, 0.1) is 5.52 Å². The highest BCUT2D eigenvalue weighted by Crippen LogP contribution is 2.31. The normalized spacial score (nSPS) is 16.1. The molecule has 0 unspecified atom stereocenters. The number of rotatable bonds is 0. The van der Waals surface area contributed by atoms with E-state index in [1.807, 2.05) is 12.1 Å². The van der Waals surface area contributed by atoms with Crippen molar-refractivity contribution in [3.63, 3.8) is 0 Å². The molecule has 0 atom stereocenters. The molecule has 0 radical (unpaired) electrons. The van der Waals surface area contributed by atoms with Crippen molar-refractivity contribution in [2.45, 2.75) is 19.5 Å². The molecule has 0 saturated carbocycles. The van der Waals surface area contributed by atoms with Crippen molar-refractivity contribution in [3.8, 4) is 0 Å². The fourth-order valence-electron chi connectivity index (χ4n) is 2.36. The van der Waals surface area contributed by atoms with Crippen LogP contribution in [0.2, 0.25) is 5.02 Å². The number of hydrogen-bond donors (Lipinski definition) is 1. The minimum Gasteiger partial charge on any atom is -0.342 e. The van der Waals surface area contributed by atoms with Gasteiger partial charge < -0.3 is 9.88 Å². The van der Waals surface area contributed by atoms with Crippen LogP contribution in [0.4, 0.5) is 0 Å². The van der Waals surface area contributed by atoms with E-state index in [0.717, 1.165) is 29.1 Å². The largest absolute Gasteiger partial charge is 0.342 e. The van der Waals surface area contributed by atoms with E-state index in [9.17, 15) is 0 Å². The van der Waals surface area contributed by atoms with Gasteiger partial charge in [0.2, 0.25) is 0 Å². The van der Waals surface area contributed by atoms with Crippen LogP contribution in [0.5, 0.6) is 0 Å². The quantitative estimate of drug-likeness (QED) is 0.787. The fourth-order valence-corrected chi connectivity index (χ4v) is 3.41. The first-order chi connectivity index (χ1) is 7.75. The molecule has 0 amide bonds. The summed E-state index contributed by atoms with van der Waals surface area (Å²) >= 11 is 9.67. The van der Waals surface area contributed by atoms with E-state index in [1.54, 1.807) is 0 Å². The Labute approximate surface area is 108 Å². The van der Waals surface area contributed by atoms with Gasteiger partial charge in [-0.25, -0.2) is 0 Å². The van der Waals surface area contributed by atoms with Crippen molar-refractivity contribution >= 4 is 38.4 Å². The van der Waals surface area contributed by atoms with Crippen LogP contribution in [0.25, 0.3) is 10.9 Å². The van der Waals surface area contributed by atoms with Crippen LogP contribution in [0.1, 0.15) is 12.1 Å². The number of benzene rings is 1. The molecule has 0 aliphatic carbocycles. The molecule has 0 bridgehead atoms. The molecule has 1 aromatic carbocycles. The van der Waals surface area contributed by atoms with Gasteiger partial charge in [-0.1, -0.05) is 11.6 Å². The van der Waals surface area contributed by atoms with Crippen molar-refractivity contribution < 1.29 is 0 Å². The van der Waals surface area contributed by atoms with Crippen LogP contribution in [0.15, 0.2) is 22.7 Å². The third-order valence-corrected chi connectivity index (χ3v) is 3.86. The van der Waals surface area contributed by atoms with Gasteiger partial charge in [-0.05, 0) is 47.1 Å². The molecule has 1 aliphatic rings. The van der Waals surface area contributed by atoms with Gasteiger partial charge in [-0.15, -0.1) is 0 Å². The SMILES string of the molecule is Clc1cc(Br)c2c(c1)cc1n2CCCNC1. The average Bonchev–Trinajstić information content (AvgIpc) is 2.42. The predicted octanol–water partition coefficient (Wildman–Crippen LogP) is 3.55. The molecule has 1 aliphatic heterocycles. The summed E-state index contributed by atoms with van der Waals surface area (Å²) in [6, 6.07) is 6.23. The second-order valence-corrected chi connectivity index (χ2v) is 5.43. The first-order valence-electron chi connectivity index (χ1n) is 5.43. The van der Waals surface area contributed by atoms with Crippen LogP contribution in [0, 0.1) is 0 Å². The molecule has 2 aromatic rings. The highest BCUT2D eigenvalue weighted by Gasteiger charge is 2.14. The second-order valence-electron chi connectivity index (χ2n) is 4.14. The van der Waals surface area contributed by atoms with Gasteiger partial charge >= 0.3 is 0 Å². The molecule has 3 rings (SSSR count). The summed E-state index contributed by atoms with van der Waals surface area (Å²) < 4.78 is 3.47. The minimum absolute atomic E-state index is 0.785. The Morgan fingerprint density at radius 3 is 3.06 bits per heavy atom. The van der Waals surface area contributed by atoms with Crippen LogP contribution in [-0.4, -0.2) is 11.1 Å². The molecule has 84 valence electrons. The highest BCUT2D eigenvalue weighted by atomic mass is 79.9. The first-order valence-corrected chi connectivity index (χ1v) is 6.61. The maximum Gasteiger partial charge on any atom is 0.0628 e. The molecule has 1 N–H and O–H groups in total. The zero-order chi connectivity index (χ0) is 11.1. The number of fused-ring (bicyclic) bond motifs is 3. The Bertz CT molecular complexity index is 547. The van der Waals surface area contributed by atoms with Gasteiger partial charge in [0.1, 0.15) is 0 Å². The lowest BCUT2D eigenvalue weighted by Crippen LogP contribution is -2.11. The van der Waals surface area contributed by atoms with Gasteiger partial charge in [0.25, 0.3) is 0 Å². The molecule has 0 saturated heterocycles. The standard InChI is InChI=1S/C12H12BrClN2/c13-11-6-9(14)4-8-5-10-7-15-2-1-3-16(10)12(8)11/h4-6,15H,1-3,7H2. The molecule has 2 heterocycles. The van der Waals surface area contributed by atoms with Gasteiger partial charge in [-0.2, -0.15) is 0 Å². The fraction of sp³-hybridized carbons (Fsp3) is 0.333. The number of nitrogens with zero attached hydrogens (tertiary/aromatic N) is 1. The zero-order valence-corrected chi connectivity index (χ0v) is 11.1. The van der Waals surface area contributed by atoms with Crippen LogP contribution >= 0.6 is 27.5 Å². The van der Waals surface area contributed by atoms with Crippen LogP contribution in [-0.2, 0) is 13.1 Å². The van der Waals surface area contributed by atoms with Crippen molar-refractivity contribution in [3.05, 3.63) is 33.4 Å². The summed E-state index contributed by atoms with van der Waals surface area (Å²) in [7, 11) is 0. The van der Waals surface area contributed by atoms with E-state index in [-0.39, 0.29) is 0 Å². The van der Waals surface area contributed by atoms with Crippen molar-refractivity contribution in [2.75, 3.05) is 6.54 Å². The maximum absolute atomic E-state index is 6.06. The number of nitrogens with one attached hydrogen (secondary N) is 1. The van der Waals surface area contributed by atoms with Gasteiger partial charge in [0, 0.05) is 33.7 Å². The third kappa shape index (κ3) is 1.67. The van der Waals surface area contributed by atoms with E-state index < -0.39 is 0 Å². The Morgan fingerprint density at radius 2 is 2.19 bits per heavy atom. The summed E-state index contributed by atoms with van der Waals surface area (Å²) in [6.07, 6.45) is 1.17. The molecule has 0 spiro atoms.